The van der Waals surface area contributed by atoms with Crippen LogP contribution in [0.25, 0.3) is 6.08 Å². The molecule has 0 aliphatic carbocycles. The Morgan fingerprint density at radius 1 is 1.06 bits per heavy atom. The molecule has 3 aliphatic rings. The molecule has 31 heavy (non-hydrogen) atoms. The van der Waals surface area contributed by atoms with Gasteiger partial charge in [0.2, 0.25) is 0 Å². The van der Waals surface area contributed by atoms with Crippen molar-refractivity contribution >= 4 is 11.8 Å². The SMILES string of the molecule is CC(=Cc1ccccc1)CN1CCN(CC2ON=C3c4cccc(O)c4OCC32)CC1. The predicted molar refractivity (Wildman–Crippen MR) is 121 cm³/mol. The molecule has 1 saturated heterocycles. The molecule has 162 valence electrons. The Balaban J connectivity index is 1.13. The average Bonchev–Trinajstić information content (AvgIpc) is 3.19. The molecule has 1 fully saturated rings. The largest absolute Gasteiger partial charge is 0.504 e. The standard InChI is InChI=1S/C25H29N3O3/c1-18(14-19-6-3-2-4-7-19)15-27-10-12-28(13-11-27)16-23-21-17-30-25-20(24(21)26-31-23)8-5-9-22(25)29/h2-9,14,21,23,29H,10-13,15-17H2,1H3. The van der Waals surface area contributed by atoms with Crippen LogP contribution in [0.1, 0.15) is 18.1 Å². The topological polar surface area (TPSA) is 57.5 Å². The number of fused-ring (bicyclic) bond motifs is 3. The van der Waals surface area contributed by atoms with E-state index in [1.165, 1.54) is 11.1 Å². The number of phenols is 1. The number of benzene rings is 2. The lowest BCUT2D eigenvalue weighted by Crippen LogP contribution is -2.50. The summed E-state index contributed by atoms with van der Waals surface area (Å²) in [5.74, 6) is 0.799. The molecule has 3 heterocycles. The van der Waals surface area contributed by atoms with Gasteiger partial charge in [-0.15, -0.1) is 0 Å². The molecule has 0 spiro atoms. The lowest BCUT2D eigenvalue weighted by molar-refractivity contribution is 0.00992. The lowest BCUT2D eigenvalue weighted by Gasteiger charge is -2.36. The molecular weight excluding hydrogens is 390 g/mol. The Bertz CT molecular complexity index is 981. The number of nitrogens with zero attached hydrogens (tertiary/aromatic N) is 3. The summed E-state index contributed by atoms with van der Waals surface area (Å²) in [6.07, 6.45) is 2.27. The van der Waals surface area contributed by atoms with Crippen LogP contribution in [-0.2, 0) is 4.84 Å². The van der Waals surface area contributed by atoms with Crippen LogP contribution in [0.5, 0.6) is 11.5 Å². The third-order valence-corrected chi connectivity index (χ3v) is 6.35. The summed E-state index contributed by atoms with van der Waals surface area (Å²) in [5, 5.41) is 14.4. The van der Waals surface area contributed by atoms with Crippen molar-refractivity contribution in [2.45, 2.75) is 13.0 Å². The minimum absolute atomic E-state index is 0.00300. The van der Waals surface area contributed by atoms with E-state index in [0.29, 0.717) is 12.4 Å². The van der Waals surface area contributed by atoms with Crippen molar-refractivity contribution in [1.29, 1.82) is 0 Å². The molecule has 6 heteroatoms. The number of aromatic hydroxyl groups is 1. The smallest absolute Gasteiger partial charge is 0.170 e. The van der Waals surface area contributed by atoms with Crippen LogP contribution < -0.4 is 4.74 Å². The number of hydrogen-bond donors (Lipinski definition) is 1. The van der Waals surface area contributed by atoms with Gasteiger partial charge < -0.3 is 14.7 Å². The fourth-order valence-electron chi connectivity index (χ4n) is 4.71. The number of para-hydroxylation sites is 1. The molecular formula is C25H29N3O3. The van der Waals surface area contributed by atoms with E-state index in [1.54, 1.807) is 6.07 Å². The molecule has 2 aromatic carbocycles. The summed E-state index contributed by atoms with van der Waals surface area (Å²) < 4.78 is 5.85. The van der Waals surface area contributed by atoms with Gasteiger partial charge in [0, 0.05) is 44.8 Å². The number of piperazine rings is 1. The zero-order valence-electron chi connectivity index (χ0n) is 17.9. The van der Waals surface area contributed by atoms with Crippen LogP contribution in [-0.4, -0.2) is 72.6 Å². The van der Waals surface area contributed by atoms with Crippen LogP contribution >= 0.6 is 0 Å². The van der Waals surface area contributed by atoms with Gasteiger partial charge in [-0.25, -0.2) is 0 Å². The molecule has 5 rings (SSSR count). The van der Waals surface area contributed by atoms with Gasteiger partial charge in [0.15, 0.2) is 17.6 Å². The van der Waals surface area contributed by atoms with Crippen molar-refractivity contribution in [3.05, 3.63) is 65.2 Å². The van der Waals surface area contributed by atoms with Crippen molar-refractivity contribution in [1.82, 2.24) is 9.80 Å². The average molecular weight is 420 g/mol. The van der Waals surface area contributed by atoms with Crippen LogP contribution in [0.3, 0.4) is 0 Å². The summed E-state index contributed by atoms with van der Waals surface area (Å²) in [7, 11) is 0. The zero-order chi connectivity index (χ0) is 21.2. The van der Waals surface area contributed by atoms with Crippen LogP contribution in [0.4, 0.5) is 0 Å². The maximum absolute atomic E-state index is 10.0. The molecule has 2 aromatic rings. The minimum Gasteiger partial charge on any atom is -0.504 e. The van der Waals surface area contributed by atoms with E-state index in [2.05, 4.69) is 58.3 Å². The van der Waals surface area contributed by atoms with Gasteiger partial charge in [-0.3, -0.25) is 9.80 Å². The molecule has 0 saturated carbocycles. The summed E-state index contributed by atoms with van der Waals surface area (Å²) in [6, 6.07) is 15.9. The van der Waals surface area contributed by atoms with E-state index in [4.69, 9.17) is 9.57 Å². The highest BCUT2D eigenvalue weighted by atomic mass is 16.6. The second kappa shape index (κ2) is 8.73. The van der Waals surface area contributed by atoms with Crippen molar-refractivity contribution < 1.29 is 14.7 Å². The van der Waals surface area contributed by atoms with E-state index in [-0.39, 0.29) is 17.8 Å². The Hall–Kier alpha value is -2.83. The highest BCUT2D eigenvalue weighted by Gasteiger charge is 2.41. The first kappa shape index (κ1) is 20.1. The first-order chi connectivity index (χ1) is 15.2. The van der Waals surface area contributed by atoms with Gasteiger partial charge in [-0.05, 0) is 24.6 Å². The zero-order valence-corrected chi connectivity index (χ0v) is 17.9. The first-order valence-electron chi connectivity index (χ1n) is 11.0. The quantitative estimate of drug-likeness (QED) is 0.807. The number of phenolic OH excluding ortho intramolecular Hbond substituents is 1. The van der Waals surface area contributed by atoms with Crippen molar-refractivity contribution in [2.24, 2.45) is 11.1 Å². The van der Waals surface area contributed by atoms with Crippen LogP contribution in [0.2, 0.25) is 0 Å². The van der Waals surface area contributed by atoms with E-state index in [9.17, 15) is 5.11 Å². The normalized spacial score (nSPS) is 24.0. The summed E-state index contributed by atoms with van der Waals surface area (Å²) >= 11 is 0. The molecule has 1 N–H and O–H groups in total. The fraction of sp³-hybridized carbons (Fsp3) is 0.400. The molecule has 6 nitrogen and oxygen atoms in total. The lowest BCUT2D eigenvalue weighted by atomic mass is 9.90. The molecule has 2 unspecified atom stereocenters. The van der Waals surface area contributed by atoms with Crippen molar-refractivity contribution in [3.8, 4) is 11.5 Å². The first-order valence-corrected chi connectivity index (χ1v) is 11.0. The maximum Gasteiger partial charge on any atom is 0.170 e. The summed E-state index contributed by atoms with van der Waals surface area (Å²) in [4.78, 5) is 10.8. The molecule has 3 aliphatic heterocycles. The summed E-state index contributed by atoms with van der Waals surface area (Å²) in [6.45, 7) is 8.73. The third kappa shape index (κ3) is 4.31. The highest BCUT2D eigenvalue weighted by Crippen LogP contribution is 2.39. The van der Waals surface area contributed by atoms with Crippen LogP contribution in [0.15, 0.2) is 59.3 Å². The minimum atomic E-state index is -0.00300. The van der Waals surface area contributed by atoms with Gasteiger partial charge in [0.25, 0.3) is 0 Å². The van der Waals surface area contributed by atoms with E-state index >= 15 is 0 Å². The highest BCUT2D eigenvalue weighted by molar-refractivity contribution is 6.06. The second-order valence-electron chi connectivity index (χ2n) is 8.67. The molecule has 0 bridgehead atoms. The van der Waals surface area contributed by atoms with Crippen LogP contribution in [0, 0.1) is 5.92 Å². The monoisotopic (exact) mass is 419 g/mol. The van der Waals surface area contributed by atoms with Gasteiger partial charge in [-0.1, -0.05) is 53.2 Å². The Kier molecular flexibility index (Phi) is 5.66. The molecule has 0 amide bonds. The van der Waals surface area contributed by atoms with E-state index in [0.717, 1.165) is 50.5 Å². The van der Waals surface area contributed by atoms with Crippen molar-refractivity contribution in [2.75, 3.05) is 45.9 Å². The molecule has 0 radical (unpaired) electrons. The fourth-order valence-corrected chi connectivity index (χ4v) is 4.71. The van der Waals surface area contributed by atoms with Gasteiger partial charge >= 0.3 is 0 Å². The Morgan fingerprint density at radius 3 is 2.65 bits per heavy atom. The van der Waals surface area contributed by atoms with Crippen molar-refractivity contribution in [3.63, 3.8) is 0 Å². The predicted octanol–water partition coefficient (Wildman–Crippen LogP) is 3.22. The van der Waals surface area contributed by atoms with E-state index in [1.807, 2.05) is 12.1 Å². The summed E-state index contributed by atoms with van der Waals surface area (Å²) in [5.41, 5.74) is 4.40. The second-order valence-corrected chi connectivity index (χ2v) is 8.67. The van der Waals surface area contributed by atoms with E-state index < -0.39 is 0 Å². The maximum atomic E-state index is 10.0. The third-order valence-electron chi connectivity index (χ3n) is 6.35. The Labute approximate surface area is 183 Å². The van der Waals surface area contributed by atoms with Gasteiger partial charge in [0.1, 0.15) is 12.3 Å². The molecule has 0 aromatic heterocycles. The van der Waals surface area contributed by atoms with Gasteiger partial charge in [-0.2, -0.15) is 0 Å². The Morgan fingerprint density at radius 2 is 1.84 bits per heavy atom. The number of hydrogen-bond acceptors (Lipinski definition) is 6. The van der Waals surface area contributed by atoms with Gasteiger partial charge in [0.05, 0.1) is 5.92 Å². The number of ether oxygens (including phenoxy) is 1. The molecule has 2 atom stereocenters. The number of rotatable bonds is 5. The number of oxime groups is 1.